The number of esters is 1. The fraction of sp³-hybridized carbons (Fsp3) is 0.263. The van der Waals surface area contributed by atoms with Gasteiger partial charge in [-0.1, -0.05) is 24.3 Å². The van der Waals surface area contributed by atoms with Crippen molar-refractivity contribution in [1.82, 2.24) is 4.98 Å². The molecule has 0 aliphatic rings. The van der Waals surface area contributed by atoms with E-state index < -0.39 is 17.5 Å². The molecule has 6 heteroatoms. The summed E-state index contributed by atoms with van der Waals surface area (Å²) < 4.78 is 10.4. The number of rotatable bonds is 5. The van der Waals surface area contributed by atoms with Crippen LogP contribution in [-0.4, -0.2) is 23.2 Å². The molecule has 0 saturated carbocycles. The number of aliphatic hydroxyl groups is 1. The number of benzene rings is 2. The maximum Gasteiger partial charge on any atom is 0.314 e. The van der Waals surface area contributed by atoms with E-state index in [9.17, 15) is 9.90 Å². The zero-order chi connectivity index (χ0) is 18.0. The van der Waals surface area contributed by atoms with Crippen molar-refractivity contribution >= 4 is 28.8 Å². The van der Waals surface area contributed by atoms with E-state index in [0.717, 1.165) is 11.2 Å². The monoisotopic (exact) mass is 340 g/mol. The Morgan fingerprint density at radius 1 is 1.20 bits per heavy atom. The lowest BCUT2D eigenvalue weighted by atomic mass is 9.82. The third-order valence-corrected chi connectivity index (χ3v) is 4.17. The number of nitrogens with zero attached hydrogens (tertiary/aromatic N) is 1. The number of fused-ring (bicyclic) bond motifs is 1. The first-order valence-corrected chi connectivity index (χ1v) is 7.91. The maximum absolute atomic E-state index is 11.8. The van der Waals surface area contributed by atoms with Crippen molar-refractivity contribution in [2.45, 2.75) is 20.0 Å². The molecule has 3 aromatic rings. The normalized spacial score (nSPS) is 12.8. The van der Waals surface area contributed by atoms with Crippen LogP contribution >= 0.6 is 0 Å². The molecular formula is C19H20N2O4. The third kappa shape index (κ3) is 3.34. The number of ether oxygens (including phenoxy) is 1. The van der Waals surface area contributed by atoms with Gasteiger partial charge in [-0.3, -0.25) is 4.79 Å². The van der Waals surface area contributed by atoms with E-state index >= 15 is 0 Å². The van der Waals surface area contributed by atoms with Crippen molar-refractivity contribution in [2.75, 3.05) is 12.4 Å². The number of methoxy groups -OCH3 is 1. The molecule has 25 heavy (non-hydrogen) atoms. The molecule has 0 fully saturated rings. The molecule has 0 radical (unpaired) electrons. The van der Waals surface area contributed by atoms with Crippen molar-refractivity contribution in [3.05, 3.63) is 54.1 Å². The Hall–Kier alpha value is -2.86. The van der Waals surface area contributed by atoms with E-state index in [1.54, 1.807) is 38.1 Å². The molecule has 2 N–H and O–H groups in total. The average Bonchev–Trinajstić information content (AvgIpc) is 3.03. The first kappa shape index (κ1) is 17.0. The van der Waals surface area contributed by atoms with Crippen LogP contribution in [0.15, 0.2) is 52.9 Å². The van der Waals surface area contributed by atoms with Gasteiger partial charge in [0.15, 0.2) is 5.58 Å². The fourth-order valence-corrected chi connectivity index (χ4v) is 2.59. The van der Waals surface area contributed by atoms with Crippen LogP contribution < -0.4 is 5.32 Å². The molecule has 0 saturated heterocycles. The van der Waals surface area contributed by atoms with Gasteiger partial charge in [-0.25, -0.2) is 0 Å². The van der Waals surface area contributed by atoms with Crippen LogP contribution in [-0.2, 0) is 9.53 Å². The molecule has 1 aromatic heterocycles. The average molecular weight is 340 g/mol. The molecule has 1 unspecified atom stereocenters. The van der Waals surface area contributed by atoms with Crippen LogP contribution in [0.2, 0.25) is 0 Å². The van der Waals surface area contributed by atoms with E-state index in [-0.39, 0.29) is 0 Å². The van der Waals surface area contributed by atoms with Crippen LogP contribution in [0.3, 0.4) is 0 Å². The van der Waals surface area contributed by atoms with Crippen LogP contribution in [0.5, 0.6) is 0 Å². The molecule has 0 amide bonds. The number of nitrogens with one attached hydrogen (secondary N) is 1. The second kappa shape index (κ2) is 6.57. The zero-order valence-corrected chi connectivity index (χ0v) is 14.3. The largest absolute Gasteiger partial charge is 0.469 e. The quantitative estimate of drug-likeness (QED) is 0.687. The predicted octanol–water partition coefficient (Wildman–Crippen LogP) is 3.80. The Morgan fingerprint density at radius 3 is 2.52 bits per heavy atom. The predicted molar refractivity (Wildman–Crippen MR) is 94.5 cm³/mol. The Bertz CT molecular complexity index is 851. The van der Waals surface area contributed by atoms with Crippen molar-refractivity contribution in [2.24, 2.45) is 5.41 Å². The van der Waals surface area contributed by atoms with E-state index in [4.69, 9.17) is 9.15 Å². The number of hydrogen-bond donors (Lipinski definition) is 2. The fourth-order valence-electron chi connectivity index (χ4n) is 2.59. The molecule has 3 rings (SSSR count). The van der Waals surface area contributed by atoms with Crippen LogP contribution in [0, 0.1) is 5.41 Å². The minimum absolute atomic E-state index is 0.393. The summed E-state index contributed by atoms with van der Waals surface area (Å²) >= 11 is 0. The molecule has 130 valence electrons. The minimum atomic E-state index is -1.04. The number of para-hydroxylation sites is 2. The minimum Gasteiger partial charge on any atom is -0.469 e. The SMILES string of the molecule is COC(=O)C(C)(C)C(O)c1ccc(Nc2nc3ccccc3o2)cc1. The van der Waals surface area contributed by atoms with Gasteiger partial charge in [0.1, 0.15) is 5.52 Å². The van der Waals surface area contributed by atoms with E-state index in [0.29, 0.717) is 17.2 Å². The number of aromatic nitrogens is 1. The summed E-state index contributed by atoms with van der Waals surface area (Å²) in [5, 5.41) is 13.6. The summed E-state index contributed by atoms with van der Waals surface area (Å²) in [6, 6.07) is 15.0. The number of anilines is 2. The molecule has 0 bridgehead atoms. The molecule has 6 nitrogen and oxygen atoms in total. The number of oxazole rings is 1. The number of carbonyl (C=O) groups excluding carboxylic acids is 1. The van der Waals surface area contributed by atoms with Crippen LogP contribution in [0.25, 0.3) is 11.1 Å². The molecule has 0 spiro atoms. The molecule has 1 atom stereocenters. The zero-order valence-electron chi connectivity index (χ0n) is 14.3. The highest BCUT2D eigenvalue weighted by Crippen LogP contribution is 2.35. The lowest BCUT2D eigenvalue weighted by molar-refractivity contribution is -0.157. The van der Waals surface area contributed by atoms with Gasteiger partial charge in [0.25, 0.3) is 6.01 Å². The smallest absolute Gasteiger partial charge is 0.314 e. The standard InChI is InChI=1S/C19H20N2O4/c1-19(2,17(23)24-3)16(22)12-8-10-13(11-9-12)20-18-21-14-6-4-5-7-15(14)25-18/h4-11,16,22H,1-3H3,(H,20,21). The molecule has 2 aromatic carbocycles. The Balaban J connectivity index is 1.76. The van der Waals surface area contributed by atoms with Gasteiger partial charge in [-0.05, 0) is 43.7 Å². The van der Waals surface area contributed by atoms with Gasteiger partial charge in [-0.15, -0.1) is 0 Å². The van der Waals surface area contributed by atoms with Gasteiger partial charge in [0.2, 0.25) is 0 Å². The van der Waals surface area contributed by atoms with Gasteiger partial charge in [-0.2, -0.15) is 4.98 Å². The highest BCUT2D eigenvalue weighted by atomic mass is 16.5. The van der Waals surface area contributed by atoms with E-state index in [2.05, 4.69) is 10.3 Å². The number of carbonyl (C=O) groups is 1. The third-order valence-electron chi connectivity index (χ3n) is 4.17. The molecule has 0 aliphatic heterocycles. The number of hydrogen-bond acceptors (Lipinski definition) is 6. The van der Waals surface area contributed by atoms with Crippen LogP contribution in [0.1, 0.15) is 25.5 Å². The topological polar surface area (TPSA) is 84.6 Å². The highest BCUT2D eigenvalue weighted by Gasteiger charge is 2.37. The first-order chi connectivity index (χ1) is 11.9. The maximum atomic E-state index is 11.8. The summed E-state index contributed by atoms with van der Waals surface area (Å²) in [4.78, 5) is 16.2. The van der Waals surface area contributed by atoms with Gasteiger partial charge < -0.3 is 19.6 Å². The second-order valence-corrected chi connectivity index (χ2v) is 6.35. The molecular weight excluding hydrogens is 320 g/mol. The van der Waals surface area contributed by atoms with Crippen molar-refractivity contribution in [3.63, 3.8) is 0 Å². The van der Waals surface area contributed by atoms with E-state index in [1.165, 1.54) is 7.11 Å². The summed E-state index contributed by atoms with van der Waals surface area (Å²) in [6.45, 7) is 3.29. The van der Waals surface area contributed by atoms with Gasteiger partial charge in [0, 0.05) is 5.69 Å². The molecule has 0 aliphatic carbocycles. The van der Waals surface area contributed by atoms with E-state index in [1.807, 2.05) is 24.3 Å². The van der Waals surface area contributed by atoms with Gasteiger partial charge >= 0.3 is 5.97 Å². The summed E-state index contributed by atoms with van der Waals surface area (Å²) in [7, 11) is 1.31. The lowest BCUT2D eigenvalue weighted by Gasteiger charge is -2.27. The summed E-state index contributed by atoms with van der Waals surface area (Å²) in [6.07, 6.45) is -0.974. The Kier molecular flexibility index (Phi) is 4.46. The van der Waals surface area contributed by atoms with Crippen molar-refractivity contribution in [3.8, 4) is 0 Å². The second-order valence-electron chi connectivity index (χ2n) is 6.35. The summed E-state index contributed by atoms with van der Waals surface area (Å²) in [5.74, 6) is -0.464. The van der Waals surface area contributed by atoms with Crippen LogP contribution in [0.4, 0.5) is 11.7 Å². The number of aliphatic hydroxyl groups excluding tert-OH is 1. The Morgan fingerprint density at radius 2 is 1.88 bits per heavy atom. The Labute approximate surface area is 145 Å². The van der Waals surface area contributed by atoms with Crippen molar-refractivity contribution < 1.29 is 19.1 Å². The summed E-state index contributed by atoms with van der Waals surface area (Å²) in [5.41, 5.74) is 1.83. The lowest BCUT2D eigenvalue weighted by Crippen LogP contribution is -2.32. The highest BCUT2D eigenvalue weighted by molar-refractivity contribution is 5.77. The van der Waals surface area contributed by atoms with Gasteiger partial charge in [0.05, 0.1) is 18.6 Å². The van der Waals surface area contributed by atoms with Crippen molar-refractivity contribution in [1.29, 1.82) is 0 Å². The first-order valence-electron chi connectivity index (χ1n) is 7.91. The molecule has 1 heterocycles.